The molecular weight excluding hydrogens is 152 g/mol. The third-order valence-corrected chi connectivity index (χ3v) is 2.41. The van der Waals surface area contributed by atoms with E-state index in [2.05, 4.69) is 12.8 Å². The Labute approximate surface area is 73.9 Å². The highest BCUT2D eigenvalue weighted by atomic mass is 16.5. The molecule has 3 atom stereocenters. The van der Waals surface area contributed by atoms with Crippen LogP contribution >= 0.6 is 0 Å². The van der Waals surface area contributed by atoms with Gasteiger partial charge >= 0.3 is 0 Å². The van der Waals surface area contributed by atoms with Gasteiger partial charge in [0.15, 0.2) is 0 Å². The van der Waals surface area contributed by atoms with E-state index in [1.165, 1.54) is 0 Å². The minimum atomic E-state index is -0.376. The van der Waals surface area contributed by atoms with Crippen LogP contribution in [-0.4, -0.2) is 23.9 Å². The minimum Gasteiger partial charge on any atom is -0.390 e. The maximum atomic E-state index is 9.63. The molecule has 0 aliphatic carbocycles. The van der Waals surface area contributed by atoms with Crippen LogP contribution in [0.2, 0.25) is 0 Å². The smallest absolute Gasteiger partial charge is 0.0860 e. The van der Waals surface area contributed by atoms with Crippen molar-refractivity contribution < 1.29 is 9.84 Å². The maximum Gasteiger partial charge on any atom is 0.0860 e. The van der Waals surface area contributed by atoms with E-state index in [1.54, 1.807) is 0 Å². The molecule has 2 heteroatoms. The molecule has 1 saturated heterocycles. The molecule has 68 valence electrons. The number of hydrogen-bond acceptors (Lipinski definition) is 2. The summed E-state index contributed by atoms with van der Waals surface area (Å²) in [4.78, 5) is 0. The van der Waals surface area contributed by atoms with E-state index in [1.807, 2.05) is 0 Å². The number of hydrogen-bond donors (Lipinski definition) is 1. The summed E-state index contributed by atoms with van der Waals surface area (Å²) in [5.74, 6) is 2.99. The molecule has 0 radical (unpaired) electrons. The van der Waals surface area contributed by atoms with Crippen LogP contribution in [0, 0.1) is 18.3 Å². The Morgan fingerprint density at radius 1 is 1.75 bits per heavy atom. The standard InChI is InChI=1S/C10H16O2/c1-3-4-5-9(11)10-8(2)6-7-12-10/h1,8-11H,4-7H2,2H3. The first kappa shape index (κ1) is 9.57. The van der Waals surface area contributed by atoms with Gasteiger partial charge < -0.3 is 9.84 Å². The van der Waals surface area contributed by atoms with Crippen molar-refractivity contribution in [2.45, 2.75) is 38.4 Å². The van der Waals surface area contributed by atoms with Crippen molar-refractivity contribution in [3.63, 3.8) is 0 Å². The lowest BCUT2D eigenvalue weighted by molar-refractivity contribution is -0.0192. The van der Waals surface area contributed by atoms with Crippen molar-refractivity contribution in [1.29, 1.82) is 0 Å². The second-order valence-electron chi connectivity index (χ2n) is 3.41. The molecule has 1 rings (SSSR count). The molecule has 0 bridgehead atoms. The molecule has 1 N–H and O–H groups in total. The zero-order valence-electron chi connectivity index (χ0n) is 7.49. The van der Waals surface area contributed by atoms with Gasteiger partial charge in [0.2, 0.25) is 0 Å². The Balaban J connectivity index is 2.31. The molecule has 0 aromatic carbocycles. The zero-order valence-corrected chi connectivity index (χ0v) is 7.49. The normalized spacial score (nSPS) is 31.4. The molecule has 1 aliphatic heterocycles. The first-order valence-corrected chi connectivity index (χ1v) is 4.49. The first-order chi connectivity index (χ1) is 5.75. The number of terminal acetylenes is 1. The van der Waals surface area contributed by atoms with Crippen molar-refractivity contribution in [3.05, 3.63) is 0 Å². The quantitative estimate of drug-likeness (QED) is 0.641. The average molecular weight is 168 g/mol. The van der Waals surface area contributed by atoms with Crippen LogP contribution in [0.4, 0.5) is 0 Å². The van der Waals surface area contributed by atoms with E-state index in [-0.39, 0.29) is 12.2 Å². The van der Waals surface area contributed by atoms with Crippen molar-refractivity contribution in [3.8, 4) is 12.3 Å². The van der Waals surface area contributed by atoms with Gasteiger partial charge in [-0.25, -0.2) is 0 Å². The van der Waals surface area contributed by atoms with Crippen LogP contribution in [0.3, 0.4) is 0 Å². The van der Waals surface area contributed by atoms with Crippen LogP contribution in [0.1, 0.15) is 26.2 Å². The average Bonchev–Trinajstić information content (AvgIpc) is 2.47. The SMILES string of the molecule is C#CCCC(O)C1OCCC1C. The Kier molecular flexibility index (Phi) is 3.58. The summed E-state index contributed by atoms with van der Waals surface area (Å²) in [7, 11) is 0. The number of aliphatic hydroxyl groups excluding tert-OH is 1. The van der Waals surface area contributed by atoms with Crippen LogP contribution in [0.15, 0.2) is 0 Å². The largest absolute Gasteiger partial charge is 0.390 e. The molecule has 0 amide bonds. The van der Waals surface area contributed by atoms with E-state index in [4.69, 9.17) is 11.2 Å². The molecule has 3 unspecified atom stereocenters. The topological polar surface area (TPSA) is 29.5 Å². The Hall–Kier alpha value is -0.520. The predicted molar refractivity (Wildman–Crippen MR) is 47.6 cm³/mol. The lowest BCUT2D eigenvalue weighted by Gasteiger charge is -2.20. The van der Waals surface area contributed by atoms with Gasteiger partial charge in [0.25, 0.3) is 0 Å². The van der Waals surface area contributed by atoms with Gasteiger partial charge in [-0.05, 0) is 18.8 Å². The minimum absolute atomic E-state index is 0.0124. The van der Waals surface area contributed by atoms with Crippen LogP contribution in [0.25, 0.3) is 0 Å². The van der Waals surface area contributed by atoms with E-state index in [0.717, 1.165) is 13.0 Å². The molecule has 12 heavy (non-hydrogen) atoms. The van der Waals surface area contributed by atoms with Gasteiger partial charge in [-0.1, -0.05) is 6.92 Å². The molecule has 1 aliphatic rings. The summed E-state index contributed by atoms with van der Waals surface area (Å²) in [6, 6.07) is 0. The summed E-state index contributed by atoms with van der Waals surface area (Å²) in [6.07, 6.45) is 7.09. The Bertz CT molecular complexity index is 171. The molecule has 0 saturated carbocycles. The van der Waals surface area contributed by atoms with E-state index < -0.39 is 0 Å². The molecule has 0 spiro atoms. The van der Waals surface area contributed by atoms with Gasteiger partial charge in [-0.3, -0.25) is 0 Å². The monoisotopic (exact) mass is 168 g/mol. The number of aliphatic hydroxyl groups is 1. The van der Waals surface area contributed by atoms with Crippen LogP contribution in [-0.2, 0) is 4.74 Å². The number of ether oxygens (including phenoxy) is 1. The fourth-order valence-corrected chi connectivity index (χ4v) is 1.60. The van der Waals surface area contributed by atoms with Crippen molar-refractivity contribution in [1.82, 2.24) is 0 Å². The van der Waals surface area contributed by atoms with Gasteiger partial charge in [0, 0.05) is 13.0 Å². The first-order valence-electron chi connectivity index (χ1n) is 4.49. The van der Waals surface area contributed by atoms with Gasteiger partial charge in [0.1, 0.15) is 0 Å². The van der Waals surface area contributed by atoms with Gasteiger partial charge in [-0.2, -0.15) is 0 Å². The Morgan fingerprint density at radius 3 is 3.00 bits per heavy atom. The fraction of sp³-hybridized carbons (Fsp3) is 0.800. The van der Waals surface area contributed by atoms with E-state index in [0.29, 0.717) is 18.8 Å². The van der Waals surface area contributed by atoms with Crippen LogP contribution in [0.5, 0.6) is 0 Å². The van der Waals surface area contributed by atoms with Crippen molar-refractivity contribution in [2.75, 3.05) is 6.61 Å². The molecule has 2 nitrogen and oxygen atoms in total. The van der Waals surface area contributed by atoms with Gasteiger partial charge in [-0.15, -0.1) is 12.3 Å². The van der Waals surface area contributed by atoms with E-state index >= 15 is 0 Å². The highest BCUT2D eigenvalue weighted by Crippen LogP contribution is 2.24. The summed E-state index contributed by atoms with van der Waals surface area (Å²) in [5, 5.41) is 9.63. The molecule has 0 aromatic rings. The number of rotatable bonds is 3. The molecule has 0 aromatic heterocycles. The maximum absolute atomic E-state index is 9.63. The predicted octanol–water partition coefficient (Wildman–Crippen LogP) is 1.19. The molecule has 1 fully saturated rings. The molecule has 1 heterocycles. The zero-order chi connectivity index (χ0) is 8.97. The molecular formula is C10H16O2. The second-order valence-corrected chi connectivity index (χ2v) is 3.41. The fourth-order valence-electron chi connectivity index (χ4n) is 1.60. The van der Waals surface area contributed by atoms with E-state index in [9.17, 15) is 5.11 Å². The lowest BCUT2D eigenvalue weighted by atomic mass is 9.97. The summed E-state index contributed by atoms with van der Waals surface area (Å²) >= 11 is 0. The third kappa shape index (κ3) is 2.23. The third-order valence-electron chi connectivity index (χ3n) is 2.41. The summed E-state index contributed by atoms with van der Waals surface area (Å²) < 4.78 is 5.41. The second kappa shape index (κ2) is 4.49. The van der Waals surface area contributed by atoms with Crippen molar-refractivity contribution >= 4 is 0 Å². The highest BCUT2D eigenvalue weighted by molar-refractivity contribution is 4.87. The summed E-state index contributed by atoms with van der Waals surface area (Å²) in [5.41, 5.74) is 0. The van der Waals surface area contributed by atoms with Gasteiger partial charge in [0.05, 0.1) is 12.2 Å². The van der Waals surface area contributed by atoms with Crippen molar-refractivity contribution in [2.24, 2.45) is 5.92 Å². The Morgan fingerprint density at radius 2 is 2.50 bits per heavy atom. The van der Waals surface area contributed by atoms with Crippen LogP contribution < -0.4 is 0 Å². The lowest BCUT2D eigenvalue weighted by Crippen LogP contribution is -2.29. The summed E-state index contributed by atoms with van der Waals surface area (Å²) in [6.45, 7) is 2.88. The highest BCUT2D eigenvalue weighted by Gasteiger charge is 2.30.